The number of ketones is 2. The van der Waals surface area contributed by atoms with E-state index in [-0.39, 0.29) is 11.6 Å². The average molecular weight is 338 g/mol. The standard InChI is InChI=1S/C22H14N2O2/c1-12-6-8-13(9-7-12)22-23-17-11-10-16-18(19(17)24-22)21(26)15-5-3-2-4-14(15)20(16)25/h2-11H,1H3,(H,23,24). The number of nitrogens with zero attached hydrogens (tertiary/aromatic N) is 1. The van der Waals surface area contributed by atoms with Crippen molar-refractivity contribution >= 4 is 22.6 Å². The Hall–Kier alpha value is -3.53. The fraction of sp³-hybridized carbons (Fsp3) is 0.0455. The zero-order chi connectivity index (χ0) is 17.8. The summed E-state index contributed by atoms with van der Waals surface area (Å²) in [6, 6.07) is 18.5. The third-order valence-corrected chi connectivity index (χ3v) is 4.87. The highest BCUT2D eigenvalue weighted by Crippen LogP contribution is 2.32. The molecule has 0 radical (unpaired) electrons. The Balaban J connectivity index is 1.76. The maximum atomic E-state index is 13.1. The molecule has 3 aromatic carbocycles. The first-order chi connectivity index (χ1) is 12.6. The molecule has 5 rings (SSSR count). The Morgan fingerprint density at radius 2 is 1.46 bits per heavy atom. The molecule has 4 aromatic rings. The number of hydrogen-bond acceptors (Lipinski definition) is 3. The van der Waals surface area contributed by atoms with Gasteiger partial charge in [-0.15, -0.1) is 0 Å². The lowest BCUT2D eigenvalue weighted by Crippen LogP contribution is -2.21. The number of hydrogen-bond donors (Lipinski definition) is 1. The molecular formula is C22H14N2O2. The fourth-order valence-corrected chi connectivity index (χ4v) is 3.51. The van der Waals surface area contributed by atoms with Crippen LogP contribution < -0.4 is 0 Å². The summed E-state index contributed by atoms with van der Waals surface area (Å²) in [5.41, 5.74) is 5.16. The van der Waals surface area contributed by atoms with Crippen molar-refractivity contribution in [3.05, 3.63) is 88.5 Å². The molecule has 0 unspecified atom stereocenters. The first-order valence-electron chi connectivity index (χ1n) is 8.41. The number of H-pyrrole nitrogens is 1. The van der Waals surface area contributed by atoms with E-state index in [1.165, 1.54) is 5.56 Å². The Bertz CT molecular complexity index is 1220. The second-order valence-electron chi connectivity index (χ2n) is 6.54. The molecule has 0 aliphatic heterocycles. The van der Waals surface area contributed by atoms with E-state index in [1.54, 1.807) is 36.4 Å². The third kappa shape index (κ3) is 1.99. The molecule has 1 N–H and O–H groups in total. The number of imidazole rings is 1. The highest BCUT2D eigenvalue weighted by molar-refractivity contribution is 6.31. The summed E-state index contributed by atoms with van der Waals surface area (Å²) in [5.74, 6) is 0.427. The van der Waals surface area contributed by atoms with Crippen molar-refractivity contribution in [1.82, 2.24) is 9.97 Å². The first kappa shape index (κ1) is 14.8. The molecule has 1 heterocycles. The monoisotopic (exact) mass is 338 g/mol. The van der Waals surface area contributed by atoms with Crippen LogP contribution in [0.2, 0.25) is 0 Å². The van der Waals surface area contributed by atoms with Crippen LogP contribution in [0.3, 0.4) is 0 Å². The number of aromatic nitrogens is 2. The summed E-state index contributed by atoms with van der Waals surface area (Å²) >= 11 is 0. The van der Waals surface area contributed by atoms with Crippen LogP contribution in [0.25, 0.3) is 22.4 Å². The minimum Gasteiger partial charge on any atom is -0.337 e. The van der Waals surface area contributed by atoms with Gasteiger partial charge in [0.25, 0.3) is 0 Å². The Kier molecular flexibility index (Phi) is 2.97. The summed E-state index contributed by atoms with van der Waals surface area (Å²) in [4.78, 5) is 33.8. The van der Waals surface area contributed by atoms with E-state index < -0.39 is 0 Å². The highest BCUT2D eigenvalue weighted by Gasteiger charge is 2.31. The topological polar surface area (TPSA) is 62.8 Å². The van der Waals surface area contributed by atoms with Crippen molar-refractivity contribution < 1.29 is 9.59 Å². The molecule has 26 heavy (non-hydrogen) atoms. The van der Waals surface area contributed by atoms with Gasteiger partial charge in [0.1, 0.15) is 5.82 Å². The molecule has 4 nitrogen and oxygen atoms in total. The van der Waals surface area contributed by atoms with E-state index in [9.17, 15) is 9.59 Å². The van der Waals surface area contributed by atoms with E-state index in [0.29, 0.717) is 39.1 Å². The number of aryl methyl sites for hydroxylation is 1. The van der Waals surface area contributed by atoms with Crippen molar-refractivity contribution in [3.63, 3.8) is 0 Å². The van der Waals surface area contributed by atoms with Gasteiger partial charge in [-0.2, -0.15) is 0 Å². The maximum Gasteiger partial charge on any atom is 0.196 e. The van der Waals surface area contributed by atoms with Crippen LogP contribution in [0.15, 0.2) is 60.7 Å². The van der Waals surface area contributed by atoms with E-state index >= 15 is 0 Å². The summed E-state index contributed by atoms with van der Waals surface area (Å²) in [6.45, 7) is 2.03. The second kappa shape index (κ2) is 5.23. The molecule has 124 valence electrons. The van der Waals surface area contributed by atoms with Gasteiger partial charge in [0.05, 0.1) is 16.6 Å². The van der Waals surface area contributed by atoms with Gasteiger partial charge in [-0.05, 0) is 19.1 Å². The van der Waals surface area contributed by atoms with E-state index in [2.05, 4.69) is 9.97 Å². The quantitative estimate of drug-likeness (QED) is 0.495. The molecule has 0 atom stereocenters. The number of rotatable bonds is 1. The summed E-state index contributed by atoms with van der Waals surface area (Å²) in [5, 5.41) is 0. The number of aromatic amines is 1. The maximum absolute atomic E-state index is 13.1. The fourth-order valence-electron chi connectivity index (χ4n) is 3.51. The van der Waals surface area contributed by atoms with Crippen molar-refractivity contribution in [3.8, 4) is 11.4 Å². The van der Waals surface area contributed by atoms with Crippen LogP contribution >= 0.6 is 0 Å². The van der Waals surface area contributed by atoms with Crippen molar-refractivity contribution in [2.24, 2.45) is 0 Å². The van der Waals surface area contributed by atoms with E-state index in [0.717, 1.165) is 5.56 Å². The van der Waals surface area contributed by atoms with Crippen LogP contribution in [0.5, 0.6) is 0 Å². The molecule has 1 aliphatic carbocycles. The summed E-state index contributed by atoms with van der Waals surface area (Å²) in [7, 11) is 0. The molecule has 0 amide bonds. The van der Waals surface area contributed by atoms with E-state index in [1.807, 2.05) is 31.2 Å². The van der Waals surface area contributed by atoms with Crippen molar-refractivity contribution in [2.45, 2.75) is 6.92 Å². The Morgan fingerprint density at radius 1 is 0.769 bits per heavy atom. The molecule has 0 saturated heterocycles. The van der Waals surface area contributed by atoms with Gasteiger partial charge in [0, 0.05) is 22.3 Å². The number of nitrogens with one attached hydrogen (secondary N) is 1. The number of benzene rings is 3. The lowest BCUT2D eigenvalue weighted by Gasteiger charge is -2.17. The lowest BCUT2D eigenvalue weighted by atomic mass is 9.83. The van der Waals surface area contributed by atoms with Crippen LogP contribution in [0.1, 0.15) is 37.4 Å². The number of carbonyl (C=O) groups is 2. The zero-order valence-electron chi connectivity index (χ0n) is 14.0. The second-order valence-corrected chi connectivity index (χ2v) is 6.54. The number of carbonyl (C=O) groups excluding carboxylic acids is 2. The van der Waals surface area contributed by atoms with Crippen LogP contribution in [0, 0.1) is 6.92 Å². The van der Waals surface area contributed by atoms with Gasteiger partial charge in [0.2, 0.25) is 0 Å². The average Bonchev–Trinajstić information content (AvgIpc) is 3.10. The molecule has 0 saturated carbocycles. The van der Waals surface area contributed by atoms with Crippen LogP contribution in [0.4, 0.5) is 0 Å². The third-order valence-electron chi connectivity index (χ3n) is 4.87. The lowest BCUT2D eigenvalue weighted by molar-refractivity contribution is 0.0980. The minimum absolute atomic E-state index is 0.122. The molecule has 0 fully saturated rings. The number of fused-ring (bicyclic) bond motifs is 4. The minimum atomic E-state index is -0.139. The van der Waals surface area contributed by atoms with E-state index in [4.69, 9.17) is 0 Å². The SMILES string of the molecule is Cc1ccc(-c2nc3ccc4c(c3[nH]2)C(=O)c2ccccc2C4=O)cc1. The van der Waals surface area contributed by atoms with Crippen molar-refractivity contribution in [1.29, 1.82) is 0 Å². The predicted octanol–water partition coefficient (Wildman–Crippen LogP) is 4.31. The normalized spacial score (nSPS) is 13.0. The molecule has 0 spiro atoms. The molecule has 1 aromatic heterocycles. The van der Waals surface area contributed by atoms with Crippen LogP contribution in [-0.4, -0.2) is 21.5 Å². The molecular weight excluding hydrogens is 324 g/mol. The van der Waals surface area contributed by atoms with Gasteiger partial charge < -0.3 is 4.98 Å². The summed E-state index contributed by atoms with van der Waals surface area (Å²) < 4.78 is 0. The largest absolute Gasteiger partial charge is 0.337 e. The smallest absolute Gasteiger partial charge is 0.196 e. The Morgan fingerprint density at radius 3 is 2.19 bits per heavy atom. The van der Waals surface area contributed by atoms with Gasteiger partial charge in [-0.3, -0.25) is 9.59 Å². The highest BCUT2D eigenvalue weighted by atomic mass is 16.1. The first-order valence-corrected chi connectivity index (χ1v) is 8.41. The van der Waals surface area contributed by atoms with Gasteiger partial charge in [-0.1, -0.05) is 54.1 Å². The Labute approximate surface area is 149 Å². The van der Waals surface area contributed by atoms with Crippen LogP contribution in [-0.2, 0) is 0 Å². The van der Waals surface area contributed by atoms with Gasteiger partial charge in [-0.25, -0.2) is 4.98 Å². The molecule has 0 bridgehead atoms. The summed E-state index contributed by atoms with van der Waals surface area (Å²) in [6.07, 6.45) is 0. The van der Waals surface area contributed by atoms with Crippen molar-refractivity contribution in [2.75, 3.05) is 0 Å². The molecule has 4 heteroatoms. The molecule has 1 aliphatic rings. The van der Waals surface area contributed by atoms with Gasteiger partial charge >= 0.3 is 0 Å². The van der Waals surface area contributed by atoms with Gasteiger partial charge in [0.15, 0.2) is 11.6 Å². The predicted molar refractivity (Wildman–Crippen MR) is 99.6 cm³/mol. The zero-order valence-corrected chi connectivity index (χ0v) is 14.0.